The molecule has 0 fully saturated rings. The third-order valence-corrected chi connectivity index (χ3v) is 5.09. The zero-order valence-electron chi connectivity index (χ0n) is 16.6. The van der Waals surface area contributed by atoms with Gasteiger partial charge in [0.15, 0.2) is 23.0 Å². The van der Waals surface area contributed by atoms with Gasteiger partial charge in [-0.2, -0.15) is 0 Å². The molecule has 4 N–H and O–H groups in total. The molecule has 0 aliphatic heterocycles. The Labute approximate surface area is 165 Å². The van der Waals surface area contributed by atoms with Crippen molar-refractivity contribution >= 4 is 0 Å². The van der Waals surface area contributed by atoms with Crippen molar-refractivity contribution < 1.29 is 20.4 Å². The number of aryl methyl sites for hydroxylation is 2. The Morgan fingerprint density at radius 2 is 1.00 bits per heavy atom. The van der Waals surface area contributed by atoms with E-state index in [1.165, 1.54) is 17.7 Å². The number of phenolic OH excluding ortho intramolecular Hbond substituents is 4. The molecule has 0 amide bonds. The summed E-state index contributed by atoms with van der Waals surface area (Å²) < 4.78 is 0. The van der Waals surface area contributed by atoms with Crippen LogP contribution in [0.1, 0.15) is 59.1 Å². The SMILES string of the molecule is Cc1cc(O)c(O)c(C(c2ccc(C(C)C)cc2)c2cc(C)cc(O)c2O)c1. The van der Waals surface area contributed by atoms with Crippen molar-refractivity contribution in [3.63, 3.8) is 0 Å². The molecule has 0 radical (unpaired) electrons. The van der Waals surface area contributed by atoms with E-state index in [1.54, 1.807) is 12.1 Å². The van der Waals surface area contributed by atoms with Gasteiger partial charge in [0, 0.05) is 17.0 Å². The maximum absolute atomic E-state index is 10.6. The number of rotatable bonds is 4. The van der Waals surface area contributed by atoms with E-state index in [9.17, 15) is 20.4 Å². The molecule has 0 heterocycles. The van der Waals surface area contributed by atoms with Gasteiger partial charge < -0.3 is 20.4 Å². The molecule has 0 saturated carbocycles. The molecule has 0 aliphatic carbocycles. The van der Waals surface area contributed by atoms with Crippen LogP contribution in [-0.4, -0.2) is 20.4 Å². The number of phenols is 4. The summed E-state index contributed by atoms with van der Waals surface area (Å²) in [5.74, 6) is -1.07. The van der Waals surface area contributed by atoms with Crippen molar-refractivity contribution in [1.29, 1.82) is 0 Å². The molecule has 0 atom stereocenters. The summed E-state index contributed by atoms with van der Waals surface area (Å²) in [6.07, 6.45) is 0. The highest BCUT2D eigenvalue weighted by Crippen LogP contribution is 2.46. The quantitative estimate of drug-likeness (QED) is 0.360. The second kappa shape index (κ2) is 7.47. The van der Waals surface area contributed by atoms with E-state index in [-0.39, 0.29) is 23.0 Å². The molecule has 0 saturated heterocycles. The van der Waals surface area contributed by atoms with Crippen LogP contribution in [0, 0.1) is 13.8 Å². The van der Waals surface area contributed by atoms with Crippen molar-refractivity contribution in [2.45, 2.75) is 39.5 Å². The summed E-state index contributed by atoms with van der Waals surface area (Å²) >= 11 is 0. The predicted octanol–water partition coefficient (Wildman–Crippen LogP) is 5.43. The van der Waals surface area contributed by atoms with Gasteiger partial charge >= 0.3 is 0 Å². The van der Waals surface area contributed by atoms with Crippen LogP contribution in [0.4, 0.5) is 0 Å². The minimum atomic E-state index is -0.558. The van der Waals surface area contributed by atoms with E-state index in [0.717, 1.165) is 16.7 Å². The topological polar surface area (TPSA) is 80.9 Å². The predicted molar refractivity (Wildman–Crippen MR) is 110 cm³/mol. The van der Waals surface area contributed by atoms with Crippen LogP contribution >= 0.6 is 0 Å². The second-order valence-corrected chi connectivity index (χ2v) is 7.70. The molecule has 0 bridgehead atoms. The fraction of sp³-hybridized carbons (Fsp3) is 0.250. The lowest BCUT2D eigenvalue weighted by Gasteiger charge is -2.23. The van der Waals surface area contributed by atoms with Crippen molar-refractivity contribution in [3.8, 4) is 23.0 Å². The fourth-order valence-corrected chi connectivity index (χ4v) is 3.61. The van der Waals surface area contributed by atoms with E-state index < -0.39 is 5.92 Å². The van der Waals surface area contributed by atoms with Gasteiger partial charge in [0.25, 0.3) is 0 Å². The Balaban J connectivity index is 2.29. The van der Waals surface area contributed by atoms with Crippen molar-refractivity contribution in [1.82, 2.24) is 0 Å². The molecule has 0 aromatic heterocycles. The van der Waals surface area contributed by atoms with Crippen molar-refractivity contribution in [3.05, 3.63) is 81.9 Å². The molecule has 3 rings (SSSR count). The van der Waals surface area contributed by atoms with Gasteiger partial charge in [0.05, 0.1) is 0 Å². The van der Waals surface area contributed by atoms with Crippen molar-refractivity contribution in [2.75, 3.05) is 0 Å². The standard InChI is InChI=1S/C24H26O4/c1-13(2)16-5-7-17(8-6-16)22(18-9-14(3)11-20(25)23(18)27)19-10-15(4)12-21(26)24(19)28/h5-13,22,25-28H,1-4H3. The third-order valence-electron chi connectivity index (χ3n) is 5.09. The average molecular weight is 378 g/mol. The minimum absolute atomic E-state index is 0.213. The lowest BCUT2D eigenvalue weighted by atomic mass is 9.82. The van der Waals surface area contributed by atoms with Gasteiger partial charge in [0.2, 0.25) is 0 Å². The normalized spacial score (nSPS) is 11.4. The molecule has 0 spiro atoms. The van der Waals surface area contributed by atoms with Crippen LogP contribution < -0.4 is 0 Å². The molecule has 28 heavy (non-hydrogen) atoms. The molecule has 146 valence electrons. The zero-order chi connectivity index (χ0) is 20.6. The molecule has 4 heteroatoms. The smallest absolute Gasteiger partial charge is 0.161 e. The maximum Gasteiger partial charge on any atom is 0.161 e. The molecule has 0 aliphatic rings. The zero-order valence-corrected chi connectivity index (χ0v) is 16.6. The van der Waals surface area contributed by atoms with Gasteiger partial charge in [-0.3, -0.25) is 0 Å². The Hall–Kier alpha value is -3.14. The highest BCUT2D eigenvalue weighted by atomic mass is 16.3. The molecule has 3 aromatic rings. The molecule has 4 nitrogen and oxygen atoms in total. The second-order valence-electron chi connectivity index (χ2n) is 7.70. The lowest BCUT2D eigenvalue weighted by molar-refractivity contribution is 0.392. The van der Waals surface area contributed by atoms with Crippen LogP contribution in [0.3, 0.4) is 0 Å². The summed E-state index contributed by atoms with van der Waals surface area (Å²) in [5.41, 5.74) is 4.52. The average Bonchev–Trinajstić information content (AvgIpc) is 2.63. The fourth-order valence-electron chi connectivity index (χ4n) is 3.61. The molecular formula is C24H26O4. The number of benzene rings is 3. The lowest BCUT2D eigenvalue weighted by Crippen LogP contribution is -2.06. The van der Waals surface area contributed by atoms with Crippen LogP contribution in [0.2, 0.25) is 0 Å². The van der Waals surface area contributed by atoms with E-state index >= 15 is 0 Å². The third kappa shape index (κ3) is 3.63. The van der Waals surface area contributed by atoms with Gasteiger partial charge in [-0.05, 0) is 54.2 Å². The van der Waals surface area contributed by atoms with Crippen LogP contribution in [-0.2, 0) is 0 Å². The van der Waals surface area contributed by atoms with Gasteiger partial charge in [-0.15, -0.1) is 0 Å². The first-order chi connectivity index (χ1) is 13.2. The Morgan fingerprint density at radius 1 is 0.607 bits per heavy atom. The summed E-state index contributed by atoms with van der Waals surface area (Å²) in [7, 11) is 0. The number of hydrogen-bond acceptors (Lipinski definition) is 4. The molecular weight excluding hydrogens is 352 g/mol. The van der Waals surface area contributed by atoms with Gasteiger partial charge in [-0.1, -0.05) is 50.2 Å². The Morgan fingerprint density at radius 3 is 1.39 bits per heavy atom. The Bertz CT molecular complexity index is 947. The summed E-state index contributed by atoms with van der Waals surface area (Å²) in [6.45, 7) is 7.88. The van der Waals surface area contributed by atoms with E-state index in [0.29, 0.717) is 17.0 Å². The van der Waals surface area contributed by atoms with Crippen LogP contribution in [0.5, 0.6) is 23.0 Å². The Kier molecular flexibility index (Phi) is 5.23. The number of hydrogen-bond donors (Lipinski definition) is 4. The highest BCUT2D eigenvalue weighted by molar-refractivity contribution is 5.60. The maximum atomic E-state index is 10.6. The van der Waals surface area contributed by atoms with Crippen LogP contribution in [0.15, 0.2) is 48.5 Å². The van der Waals surface area contributed by atoms with Crippen molar-refractivity contribution in [2.24, 2.45) is 0 Å². The highest BCUT2D eigenvalue weighted by Gasteiger charge is 2.26. The molecule has 0 unspecified atom stereocenters. The first-order valence-corrected chi connectivity index (χ1v) is 9.33. The first-order valence-electron chi connectivity index (χ1n) is 9.33. The van der Waals surface area contributed by atoms with Crippen LogP contribution in [0.25, 0.3) is 0 Å². The first kappa shape index (κ1) is 19.6. The van der Waals surface area contributed by atoms with E-state index in [1.807, 2.05) is 38.1 Å². The van der Waals surface area contributed by atoms with E-state index in [4.69, 9.17) is 0 Å². The minimum Gasteiger partial charge on any atom is -0.504 e. The summed E-state index contributed by atoms with van der Waals surface area (Å²) in [6, 6.07) is 14.5. The van der Waals surface area contributed by atoms with Gasteiger partial charge in [0.1, 0.15) is 0 Å². The summed E-state index contributed by atoms with van der Waals surface area (Å²) in [4.78, 5) is 0. The van der Waals surface area contributed by atoms with E-state index in [2.05, 4.69) is 13.8 Å². The summed E-state index contributed by atoms with van der Waals surface area (Å²) in [5, 5.41) is 41.5. The monoisotopic (exact) mass is 378 g/mol. The number of aromatic hydroxyl groups is 4. The van der Waals surface area contributed by atoms with Gasteiger partial charge in [-0.25, -0.2) is 0 Å². The molecule has 3 aromatic carbocycles. The largest absolute Gasteiger partial charge is 0.504 e.